The molecule has 2 unspecified atom stereocenters. The van der Waals surface area contributed by atoms with Gasteiger partial charge in [0.2, 0.25) is 0 Å². The number of carbonyl (C=O) groups excluding carboxylic acids is 2. The van der Waals surface area contributed by atoms with Gasteiger partial charge in [-0.3, -0.25) is 14.4 Å². The molecular weight excluding hydrogens is 506 g/mol. The van der Waals surface area contributed by atoms with Crippen LogP contribution in [-0.4, -0.2) is 60.8 Å². The molecule has 0 heterocycles. The zero-order valence-electron chi connectivity index (χ0n) is 26.3. The maximum Gasteiger partial charge on any atom is 0.306 e. The summed E-state index contributed by atoms with van der Waals surface area (Å²) in [7, 11) is 4.01. The van der Waals surface area contributed by atoms with Crippen molar-refractivity contribution in [2.45, 2.75) is 161 Å². The quantitative estimate of drug-likeness (QED) is 0.0578. The minimum atomic E-state index is -0.730. The predicted molar refractivity (Wildman–Crippen MR) is 163 cm³/mol. The van der Waals surface area contributed by atoms with E-state index in [2.05, 4.69) is 17.9 Å². The molecule has 0 aliphatic carbocycles. The first-order valence-corrected chi connectivity index (χ1v) is 16.2. The number of carboxylic acids is 1. The van der Waals surface area contributed by atoms with Gasteiger partial charge in [0.15, 0.2) is 0 Å². The highest BCUT2D eigenvalue weighted by Gasteiger charge is 2.14. The van der Waals surface area contributed by atoms with Gasteiger partial charge >= 0.3 is 17.9 Å². The van der Waals surface area contributed by atoms with E-state index in [1.165, 1.54) is 25.7 Å². The number of aliphatic carboxylic acids is 1. The van der Waals surface area contributed by atoms with Crippen molar-refractivity contribution < 1.29 is 29.0 Å². The van der Waals surface area contributed by atoms with E-state index >= 15 is 0 Å². The summed E-state index contributed by atoms with van der Waals surface area (Å²) >= 11 is 0. The Hall–Kier alpha value is -1.89. The van der Waals surface area contributed by atoms with Gasteiger partial charge in [-0.05, 0) is 91.4 Å². The lowest BCUT2D eigenvalue weighted by atomic mass is 10.0. The molecule has 234 valence electrons. The monoisotopic (exact) mass is 567 g/mol. The summed E-state index contributed by atoms with van der Waals surface area (Å²) in [5, 5.41) is 8.75. The molecule has 0 aliphatic rings. The number of unbranched alkanes of at least 4 members (excludes halogenated alkanes) is 12. The van der Waals surface area contributed by atoms with Gasteiger partial charge in [0, 0.05) is 19.3 Å². The molecule has 0 saturated carbocycles. The van der Waals surface area contributed by atoms with Crippen LogP contribution in [0.1, 0.15) is 149 Å². The first-order chi connectivity index (χ1) is 19.2. The molecule has 0 aliphatic heterocycles. The molecule has 0 bridgehead atoms. The molecule has 0 fully saturated rings. The van der Waals surface area contributed by atoms with E-state index < -0.39 is 5.97 Å². The third-order valence-electron chi connectivity index (χ3n) is 7.06. The number of ether oxygens (including phenoxy) is 2. The third kappa shape index (κ3) is 27.7. The van der Waals surface area contributed by atoms with E-state index in [0.717, 1.165) is 96.4 Å². The van der Waals surface area contributed by atoms with Crippen molar-refractivity contribution in [3.05, 3.63) is 12.2 Å². The first kappa shape index (κ1) is 38.1. The first-order valence-electron chi connectivity index (χ1n) is 16.2. The summed E-state index contributed by atoms with van der Waals surface area (Å²) < 4.78 is 11.3. The van der Waals surface area contributed by atoms with Gasteiger partial charge in [-0.1, -0.05) is 70.8 Å². The number of hydrogen-bond donors (Lipinski definition) is 1. The Labute approximate surface area is 245 Å². The fourth-order valence-corrected chi connectivity index (χ4v) is 4.68. The Morgan fingerprint density at radius 2 is 1.23 bits per heavy atom. The predicted octanol–water partition coefficient (Wildman–Crippen LogP) is 8.24. The van der Waals surface area contributed by atoms with E-state index in [-0.39, 0.29) is 30.6 Å². The standard InChI is InChI=1S/C33H61NO6/c1-5-6-7-8-11-16-22-29(2)39-32(37)26-20-15-10-13-18-24-30(40-33(38)27-21-28-34(3)4)23-17-12-9-14-19-25-31(35)36/h16,22,29-30H,5-15,17-21,23-28H2,1-4H3,(H,35,36)/b22-16-. The summed E-state index contributed by atoms with van der Waals surface area (Å²) in [6, 6.07) is 0. The normalized spacial score (nSPS) is 13.0. The van der Waals surface area contributed by atoms with Crippen LogP contribution in [0.4, 0.5) is 0 Å². The number of carboxylic acid groups (broad SMARTS) is 1. The highest BCUT2D eigenvalue weighted by Crippen LogP contribution is 2.18. The van der Waals surface area contributed by atoms with Gasteiger partial charge < -0.3 is 19.5 Å². The Kier molecular flexibility index (Phi) is 26.0. The molecule has 2 atom stereocenters. The second-order valence-electron chi connectivity index (χ2n) is 11.5. The maximum absolute atomic E-state index is 12.4. The van der Waals surface area contributed by atoms with Gasteiger partial charge in [-0.15, -0.1) is 0 Å². The summed E-state index contributed by atoms with van der Waals surface area (Å²) in [6.07, 6.45) is 23.4. The van der Waals surface area contributed by atoms with Crippen molar-refractivity contribution in [1.82, 2.24) is 4.90 Å². The second-order valence-corrected chi connectivity index (χ2v) is 11.5. The van der Waals surface area contributed by atoms with Crippen molar-refractivity contribution in [3.63, 3.8) is 0 Å². The van der Waals surface area contributed by atoms with Crippen LogP contribution in [0.5, 0.6) is 0 Å². The molecule has 0 aromatic carbocycles. The number of esters is 2. The lowest BCUT2D eigenvalue weighted by molar-refractivity contribution is -0.150. The molecule has 0 aromatic rings. The zero-order chi connectivity index (χ0) is 29.8. The van der Waals surface area contributed by atoms with Crippen molar-refractivity contribution in [2.24, 2.45) is 0 Å². The number of carbonyl (C=O) groups is 3. The van der Waals surface area contributed by atoms with Crippen molar-refractivity contribution in [2.75, 3.05) is 20.6 Å². The van der Waals surface area contributed by atoms with Gasteiger partial charge in [0.1, 0.15) is 12.2 Å². The number of rotatable bonds is 28. The van der Waals surface area contributed by atoms with Gasteiger partial charge in [0.25, 0.3) is 0 Å². The van der Waals surface area contributed by atoms with Gasteiger partial charge in [-0.25, -0.2) is 0 Å². The molecule has 0 aromatic heterocycles. The summed E-state index contributed by atoms with van der Waals surface area (Å²) in [5.41, 5.74) is 0. The van der Waals surface area contributed by atoms with Crippen LogP contribution in [0.2, 0.25) is 0 Å². The molecule has 7 nitrogen and oxygen atoms in total. The largest absolute Gasteiger partial charge is 0.481 e. The number of hydrogen-bond acceptors (Lipinski definition) is 6. The lowest BCUT2D eigenvalue weighted by Gasteiger charge is -2.18. The van der Waals surface area contributed by atoms with Crippen molar-refractivity contribution in [3.8, 4) is 0 Å². The van der Waals surface area contributed by atoms with Gasteiger partial charge in [0.05, 0.1) is 0 Å². The van der Waals surface area contributed by atoms with Crippen LogP contribution >= 0.6 is 0 Å². The van der Waals surface area contributed by atoms with Crippen LogP contribution in [0.3, 0.4) is 0 Å². The third-order valence-corrected chi connectivity index (χ3v) is 7.06. The molecule has 0 saturated heterocycles. The molecule has 7 heteroatoms. The topological polar surface area (TPSA) is 93.1 Å². The maximum atomic E-state index is 12.4. The van der Waals surface area contributed by atoms with Crippen LogP contribution < -0.4 is 0 Å². The fourth-order valence-electron chi connectivity index (χ4n) is 4.68. The smallest absolute Gasteiger partial charge is 0.306 e. The molecule has 0 amide bonds. The van der Waals surface area contributed by atoms with Crippen LogP contribution in [0.15, 0.2) is 12.2 Å². The van der Waals surface area contributed by atoms with E-state index in [9.17, 15) is 14.4 Å². The molecule has 40 heavy (non-hydrogen) atoms. The highest BCUT2D eigenvalue weighted by molar-refractivity contribution is 5.70. The molecule has 0 radical (unpaired) electrons. The van der Waals surface area contributed by atoms with Crippen LogP contribution in [0, 0.1) is 0 Å². The molecule has 0 spiro atoms. The summed E-state index contributed by atoms with van der Waals surface area (Å²) in [5.74, 6) is -0.952. The Bertz CT molecular complexity index is 663. The molecule has 0 rings (SSSR count). The van der Waals surface area contributed by atoms with Gasteiger partial charge in [-0.2, -0.15) is 0 Å². The minimum absolute atomic E-state index is 0.0398. The SMILES string of the molecule is CCCCCC/C=C\C(C)OC(=O)CCCCCCCC(CCCCCCCC(=O)O)OC(=O)CCCN(C)C. The Morgan fingerprint density at radius 1 is 0.700 bits per heavy atom. The van der Waals surface area contributed by atoms with E-state index in [0.29, 0.717) is 12.8 Å². The fraction of sp³-hybridized carbons (Fsp3) is 0.848. The summed E-state index contributed by atoms with van der Waals surface area (Å²) in [4.78, 5) is 37.2. The van der Waals surface area contributed by atoms with E-state index in [1.807, 2.05) is 27.1 Å². The minimum Gasteiger partial charge on any atom is -0.481 e. The average molecular weight is 568 g/mol. The van der Waals surface area contributed by atoms with E-state index in [4.69, 9.17) is 14.6 Å². The molecule has 1 N–H and O–H groups in total. The van der Waals surface area contributed by atoms with Crippen LogP contribution in [-0.2, 0) is 23.9 Å². The van der Waals surface area contributed by atoms with E-state index in [1.54, 1.807) is 0 Å². The van der Waals surface area contributed by atoms with Crippen molar-refractivity contribution in [1.29, 1.82) is 0 Å². The second kappa shape index (κ2) is 27.3. The molecular formula is C33H61NO6. The number of nitrogens with zero attached hydrogens (tertiary/aromatic N) is 1. The Morgan fingerprint density at radius 3 is 1.82 bits per heavy atom. The zero-order valence-corrected chi connectivity index (χ0v) is 26.3. The highest BCUT2D eigenvalue weighted by atomic mass is 16.5. The summed E-state index contributed by atoms with van der Waals surface area (Å²) in [6.45, 7) is 5.01. The number of allylic oxidation sites excluding steroid dienone is 1. The van der Waals surface area contributed by atoms with Crippen molar-refractivity contribution >= 4 is 17.9 Å². The lowest BCUT2D eigenvalue weighted by Crippen LogP contribution is -2.20. The average Bonchev–Trinajstić information content (AvgIpc) is 2.88. The van der Waals surface area contributed by atoms with Crippen LogP contribution in [0.25, 0.3) is 0 Å². The Balaban J connectivity index is 4.13.